The summed E-state index contributed by atoms with van der Waals surface area (Å²) < 4.78 is 17.1. The molecule has 0 spiro atoms. The summed E-state index contributed by atoms with van der Waals surface area (Å²) in [5, 5.41) is 3.03. The van der Waals surface area contributed by atoms with Crippen molar-refractivity contribution < 1.29 is 9.18 Å². The molecular weight excluding hydrogens is 395 g/mol. The van der Waals surface area contributed by atoms with Crippen molar-refractivity contribution in [2.45, 2.75) is 18.9 Å². The fourth-order valence-corrected chi connectivity index (χ4v) is 4.18. The van der Waals surface area contributed by atoms with Crippen molar-refractivity contribution in [2.75, 3.05) is 43.4 Å². The average Bonchev–Trinajstić information content (AvgIpc) is 3.62. The summed E-state index contributed by atoms with van der Waals surface area (Å²) in [4.78, 5) is 30.0. The summed E-state index contributed by atoms with van der Waals surface area (Å²) in [7, 11) is 2.06. The molecule has 31 heavy (non-hydrogen) atoms. The predicted molar refractivity (Wildman–Crippen MR) is 121 cm³/mol. The van der Waals surface area contributed by atoms with E-state index in [4.69, 9.17) is 0 Å². The summed E-state index contributed by atoms with van der Waals surface area (Å²) in [6, 6.07) is 12.2. The normalized spacial score (nSPS) is 17.2. The minimum absolute atomic E-state index is 0.181. The number of benzene rings is 2. The van der Waals surface area contributed by atoms with Crippen LogP contribution in [0.15, 0.2) is 53.5 Å². The highest BCUT2D eigenvalue weighted by atomic mass is 19.1. The Labute approximate surface area is 179 Å². The second-order valence-corrected chi connectivity index (χ2v) is 8.44. The van der Waals surface area contributed by atoms with E-state index in [9.17, 15) is 9.59 Å². The lowest BCUT2D eigenvalue weighted by molar-refractivity contribution is 0.102. The van der Waals surface area contributed by atoms with Crippen LogP contribution >= 0.6 is 0 Å². The van der Waals surface area contributed by atoms with Gasteiger partial charge in [0.25, 0.3) is 5.91 Å². The van der Waals surface area contributed by atoms with Gasteiger partial charge in [0.15, 0.2) is 0 Å². The Kier molecular flexibility index (Phi) is 4.98. The monoisotopic (exact) mass is 420 g/mol. The molecule has 1 aromatic heterocycles. The number of nitrogens with one attached hydrogen (secondary N) is 1. The Morgan fingerprint density at radius 2 is 1.77 bits per heavy atom. The van der Waals surface area contributed by atoms with Crippen LogP contribution < -0.4 is 15.6 Å². The van der Waals surface area contributed by atoms with E-state index in [1.54, 1.807) is 36.5 Å². The predicted octanol–water partition coefficient (Wildman–Crippen LogP) is 3.48. The molecule has 7 heteroatoms. The molecule has 1 saturated heterocycles. The fraction of sp³-hybridized carbons (Fsp3) is 0.333. The van der Waals surface area contributed by atoms with Gasteiger partial charge >= 0.3 is 0 Å². The SMILES string of the molecule is CN1CCN(c2cc3c(cc2F)c(=O)c(NC(=O)c2ccccc2)cn3C2CC2)CC1. The molecule has 1 N–H and O–H groups in total. The zero-order chi connectivity index (χ0) is 21.5. The van der Waals surface area contributed by atoms with Crippen molar-refractivity contribution in [3.63, 3.8) is 0 Å². The third kappa shape index (κ3) is 3.81. The zero-order valence-electron chi connectivity index (χ0n) is 17.5. The van der Waals surface area contributed by atoms with Crippen LogP contribution in [-0.4, -0.2) is 48.6 Å². The van der Waals surface area contributed by atoms with Crippen molar-refractivity contribution in [1.29, 1.82) is 0 Å². The molecule has 1 saturated carbocycles. The highest BCUT2D eigenvalue weighted by molar-refractivity contribution is 6.05. The Balaban J connectivity index is 1.57. The summed E-state index contributed by atoms with van der Waals surface area (Å²) >= 11 is 0. The Morgan fingerprint density at radius 3 is 2.45 bits per heavy atom. The maximum Gasteiger partial charge on any atom is 0.255 e. The molecule has 2 aromatic carbocycles. The number of halogens is 1. The summed E-state index contributed by atoms with van der Waals surface area (Å²) in [5.74, 6) is -0.753. The van der Waals surface area contributed by atoms with Gasteiger partial charge in [0.05, 0.1) is 16.6 Å². The van der Waals surface area contributed by atoms with Crippen molar-refractivity contribution in [1.82, 2.24) is 9.47 Å². The third-order valence-electron chi connectivity index (χ3n) is 6.17. The zero-order valence-corrected chi connectivity index (χ0v) is 17.5. The number of amides is 1. The molecule has 0 radical (unpaired) electrons. The quantitative estimate of drug-likeness (QED) is 0.702. The highest BCUT2D eigenvalue weighted by Crippen LogP contribution is 2.38. The van der Waals surface area contributed by atoms with Crippen molar-refractivity contribution >= 4 is 28.2 Å². The van der Waals surface area contributed by atoms with Crippen molar-refractivity contribution in [3.8, 4) is 0 Å². The van der Waals surface area contributed by atoms with Crippen LogP contribution in [0.5, 0.6) is 0 Å². The largest absolute Gasteiger partial charge is 0.367 e. The Hall–Kier alpha value is -3.19. The van der Waals surface area contributed by atoms with E-state index in [-0.39, 0.29) is 23.1 Å². The molecule has 2 fully saturated rings. The van der Waals surface area contributed by atoms with Gasteiger partial charge in [-0.3, -0.25) is 9.59 Å². The number of nitrogens with zero attached hydrogens (tertiary/aromatic N) is 3. The molecule has 160 valence electrons. The topological polar surface area (TPSA) is 57.6 Å². The van der Waals surface area contributed by atoms with Crippen LogP contribution in [0.4, 0.5) is 15.8 Å². The van der Waals surface area contributed by atoms with Gasteiger partial charge < -0.3 is 19.7 Å². The lowest BCUT2D eigenvalue weighted by atomic mass is 10.1. The molecule has 0 atom stereocenters. The van der Waals surface area contributed by atoms with E-state index < -0.39 is 5.82 Å². The summed E-state index contributed by atoms with van der Waals surface area (Å²) in [5.41, 5.74) is 1.55. The number of hydrogen-bond donors (Lipinski definition) is 1. The van der Waals surface area contributed by atoms with Crippen LogP contribution in [-0.2, 0) is 0 Å². The molecule has 1 amide bonds. The van der Waals surface area contributed by atoms with Crippen molar-refractivity contribution in [2.24, 2.45) is 0 Å². The van der Waals surface area contributed by atoms with Gasteiger partial charge in [-0.05, 0) is 44.2 Å². The van der Waals surface area contributed by atoms with E-state index in [0.717, 1.165) is 44.5 Å². The van der Waals surface area contributed by atoms with Gasteiger partial charge in [0, 0.05) is 44.0 Å². The Morgan fingerprint density at radius 1 is 1.06 bits per heavy atom. The molecule has 1 aliphatic heterocycles. The van der Waals surface area contributed by atoms with Crippen LogP contribution in [0.1, 0.15) is 29.2 Å². The van der Waals surface area contributed by atoms with E-state index >= 15 is 4.39 Å². The van der Waals surface area contributed by atoms with Crippen LogP contribution in [0.3, 0.4) is 0 Å². The first-order valence-corrected chi connectivity index (χ1v) is 10.7. The lowest BCUT2D eigenvalue weighted by Gasteiger charge is -2.34. The van der Waals surface area contributed by atoms with Gasteiger partial charge in [-0.25, -0.2) is 4.39 Å². The second kappa shape index (κ2) is 7.81. The number of carbonyl (C=O) groups is 1. The summed E-state index contributed by atoms with van der Waals surface area (Å²) in [6.45, 7) is 3.24. The van der Waals surface area contributed by atoms with Crippen LogP contribution in [0.25, 0.3) is 10.9 Å². The van der Waals surface area contributed by atoms with Gasteiger partial charge in [-0.15, -0.1) is 0 Å². The molecular formula is C24H25FN4O2. The molecule has 2 aliphatic rings. The number of fused-ring (bicyclic) bond motifs is 1. The number of rotatable bonds is 4. The number of pyridine rings is 1. The Bertz CT molecular complexity index is 1200. The van der Waals surface area contributed by atoms with Crippen LogP contribution in [0, 0.1) is 5.82 Å². The molecule has 2 heterocycles. The van der Waals surface area contributed by atoms with Crippen LogP contribution in [0.2, 0.25) is 0 Å². The fourth-order valence-electron chi connectivity index (χ4n) is 4.18. The number of anilines is 2. The van der Waals surface area contributed by atoms with E-state index in [1.807, 2.05) is 15.5 Å². The van der Waals surface area contributed by atoms with E-state index in [0.29, 0.717) is 16.6 Å². The number of hydrogen-bond acceptors (Lipinski definition) is 4. The third-order valence-corrected chi connectivity index (χ3v) is 6.17. The molecule has 3 aromatic rings. The molecule has 5 rings (SSSR count). The molecule has 0 unspecified atom stereocenters. The lowest BCUT2D eigenvalue weighted by Crippen LogP contribution is -2.44. The van der Waals surface area contributed by atoms with Gasteiger partial charge in [0.1, 0.15) is 11.5 Å². The maximum atomic E-state index is 15.1. The van der Waals surface area contributed by atoms with Crippen molar-refractivity contribution in [3.05, 3.63) is 70.3 Å². The standard InChI is InChI=1S/C24H25FN4O2/c1-27-9-11-28(12-10-27)22-14-21-18(13-19(22)25)23(30)20(15-29(21)17-7-8-17)26-24(31)16-5-3-2-4-6-16/h2-6,13-15,17H,7-12H2,1H3,(H,26,31). The first-order chi connectivity index (χ1) is 15.0. The van der Waals surface area contributed by atoms with Gasteiger partial charge in [-0.1, -0.05) is 18.2 Å². The van der Waals surface area contributed by atoms with Gasteiger partial charge in [0.2, 0.25) is 5.43 Å². The number of piperazine rings is 1. The minimum atomic E-state index is -0.400. The number of aromatic nitrogens is 1. The smallest absolute Gasteiger partial charge is 0.255 e. The summed E-state index contributed by atoms with van der Waals surface area (Å²) in [6.07, 6.45) is 3.73. The molecule has 6 nitrogen and oxygen atoms in total. The van der Waals surface area contributed by atoms with E-state index in [2.05, 4.69) is 17.3 Å². The number of carbonyl (C=O) groups excluding carboxylic acids is 1. The first kappa shape index (κ1) is 19.8. The molecule has 1 aliphatic carbocycles. The first-order valence-electron chi connectivity index (χ1n) is 10.7. The van der Waals surface area contributed by atoms with Gasteiger partial charge in [-0.2, -0.15) is 0 Å². The number of likely N-dealkylation sites (N-methyl/N-ethyl adjacent to an activating group) is 1. The second-order valence-electron chi connectivity index (χ2n) is 8.44. The average molecular weight is 420 g/mol. The minimum Gasteiger partial charge on any atom is -0.367 e. The highest BCUT2D eigenvalue weighted by Gasteiger charge is 2.27. The van der Waals surface area contributed by atoms with E-state index in [1.165, 1.54) is 6.07 Å². The molecule has 0 bridgehead atoms. The maximum absolute atomic E-state index is 15.1.